The van der Waals surface area contributed by atoms with Crippen LogP contribution in [0, 0.1) is 5.92 Å². The van der Waals surface area contributed by atoms with E-state index in [4.69, 9.17) is 5.73 Å². The predicted molar refractivity (Wildman–Crippen MR) is 78.0 cm³/mol. The van der Waals surface area contributed by atoms with Gasteiger partial charge in [-0.2, -0.15) is 0 Å². The number of hydrogen-bond donors (Lipinski definition) is 1. The zero-order valence-corrected chi connectivity index (χ0v) is 12.6. The lowest BCUT2D eigenvalue weighted by molar-refractivity contribution is 0.189. The molecular formula is C14H23BrN2. The van der Waals surface area contributed by atoms with Gasteiger partial charge in [0.2, 0.25) is 0 Å². The van der Waals surface area contributed by atoms with Gasteiger partial charge in [0.25, 0.3) is 0 Å². The van der Waals surface area contributed by atoms with Crippen LogP contribution in [0.3, 0.4) is 0 Å². The van der Waals surface area contributed by atoms with Gasteiger partial charge >= 0.3 is 0 Å². The fourth-order valence-electron chi connectivity index (χ4n) is 2.16. The number of halogens is 1. The van der Waals surface area contributed by atoms with Crippen LogP contribution in [0.1, 0.15) is 32.4 Å². The molecule has 0 fully saturated rings. The lowest BCUT2D eigenvalue weighted by Crippen LogP contribution is -2.36. The van der Waals surface area contributed by atoms with Crippen molar-refractivity contribution in [1.29, 1.82) is 0 Å². The minimum absolute atomic E-state index is 0.304. The summed E-state index contributed by atoms with van der Waals surface area (Å²) in [5, 5.41) is 0. The highest BCUT2D eigenvalue weighted by Crippen LogP contribution is 2.27. The quantitative estimate of drug-likeness (QED) is 0.872. The van der Waals surface area contributed by atoms with Crippen molar-refractivity contribution in [3.8, 4) is 0 Å². The molecule has 0 aromatic heterocycles. The maximum absolute atomic E-state index is 5.96. The van der Waals surface area contributed by atoms with Crippen molar-refractivity contribution in [3.63, 3.8) is 0 Å². The molecule has 3 heteroatoms. The minimum atomic E-state index is 0.304. The molecule has 1 rings (SSSR count). The summed E-state index contributed by atoms with van der Waals surface area (Å²) < 4.78 is 1.15. The Morgan fingerprint density at radius 1 is 1.29 bits per heavy atom. The van der Waals surface area contributed by atoms with E-state index in [1.54, 1.807) is 0 Å². The number of likely N-dealkylation sites (N-methyl/N-ethyl adjacent to an activating group) is 1. The Balaban J connectivity index is 2.93. The zero-order chi connectivity index (χ0) is 12.8. The Labute approximate surface area is 113 Å². The highest BCUT2D eigenvalue weighted by atomic mass is 79.9. The fraction of sp³-hybridized carbons (Fsp3) is 0.571. The molecule has 1 aromatic carbocycles. The molecule has 2 N–H and O–H groups in total. The average molecular weight is 299 g/mol. The van der Waals surface area contributed by atoms with Crippen LogP contribution in [-0.4, -0.2) is 24.5 Å². The van der Waals surface area contributed by atoms with E-state index in [9.17, 15) is 0 Å². The van der Waals surface area contributed by atoms with E-state index < -0.39 is 0 Å². The summed E-state index contributed by atoms with van der Waals surface area (Å²) in [5.74, 6) is 0.659. The Hall–Kier alpha value is -0.380. The smallest absolute Gasteiger partial charge is 0.0481 e. The third-order valence-electron chi connectivity index (χ3n) is 2.93. The molecule has 0 radical (unpaired) electrons. The standard InChI is InChI=1S/C14H23BrN2/c1-4-17(10-11(2)3)14(9-16)12-7-5-6-8-13(12)15/h5-8,11,14H,4,9-10,16H2,1-3H3. The van der Waals surface area contributed by atoms with Gasteiger partial charge in [-0.25, -0.2) is 0 Å². The molecule has 0 spiro atoms. The van der Waals surface area contributed by atoms with E-state index in [-0.39, 0.29) is 0 Å². The number of hydrogen-bond acceptors (Lipinski definition) is 2. The van der Waals surface area contributed by atoms with Crippen molar-refractivity contribution in [1.82, 2.24) is 4.90 Å². The van der Waals surface area contributed by atoms with Crippen LogP contribution < -0.4 is 5.73 Å². The summed E-state index contributed by atoms with van der Waals surface area (Å²) in [7, 11) is 0. The summed E-state index contributed by atoms with van der Waals surface area (Å²) in [4.78, 5) is 2.45. The van der Waals surface area contributed by atoms with Crippen molar-refractivity contribution in [2.24, 2.45) is 11.7 Å². The van der Waals surface area contributed by atoms with Crippen LogP contribution in [0.5, 0.6) is 0 Å². The van der Waals surface area contributed by atoms with Crippen LogP contribution in [0.25, 0.3) is 0 Å². The summed E-state index contributed by atoms with van der Waals surface area (Å²) in [5.41, 5.74) is 7.25. The Morgan fingerprint density at radius 3 is 2.41 bits per heavy atom. The molecule has 0 saturated carbocycles. The van der Waals surface area contributed by atoms with E-state index in [0.29, 0.717) is 18.5 Å². The molecule has 0 aliphatic rings. The van der Waals surface area contributed by atoms with Crippen molar-refractivity contribution in [3.05, 3.63) is 34.3 Å². The lowest BCUT2D eigenvalue weighted by atomic mass is 10.0. The first-order chi connectivity index (χ1) is 8.10. The molecular weight excluding hydrogens is 276 g/mol. The third-order valence-corrected chi connectivity index (χ3v) is 3.66. The molecule has 0 saturated heterocycles. The molecule has 1 atom stereocenters. The maximum atomic E-state index is 5.96. The molecule has 0 aliphatic carbocycles. The molecule has 2 nitrogen and oxygen atoms in total. The van der Waals surface area contributed by atoms with Crippen molar-refractivity contribution in [2.75, 3.05) is 19.6 Å². The summed E-state index contributed by atoms with van der Waals surface area (Å²) in [6, 6.07) is 8.66. The van der Waals surface area contributed by atoms with E-state index in [0.717, 1.165) is 17.6 Å². The number of nitrogens with two attached hydrogens (primary N) is 1. The second-order valence-electron chi connectivity index (χ2n) is 4.75. The van der Waals surface area contributed by atoms with Crippen LogP contribution in [0.15, 0.2) is 28.7 Å². The first kappa shape index (κ1) is 14.7. The second kappa shape index (κ2) is 7.14. The van der Waals surface area contributed by atoms with Gasteiger partial charge in [0.15, 0.2) is 0 Å². The third kappa shape index (κ3) is 4.09. The predicted octanol–water partition coefficient (Wildman–Crippen LogP) is 3.43. The zero-order valence-electron chi connectivity index (χ0n) is 11.0. The van der Waals surface area contributed by atoms with E-state index in [2.05, 4.69) is 59.8 Å². The fourth-order valence-corrected chi connectivity index (χ4v) is 2.71. The highest BCUT2D eigenvalue weighted by Gasteiger charge is 2.20. The van der Waals surface area contributed by atoms with Gasteiger partial charge in [0.1, 0.15) is 0 Å². The highest BCUT2D eigenvalue weighted by molar-refractivity contribution is 9.10. The van der Waals surface area contributed by atoms with Crippen LogP contribution in [-0.2, 0) is 0 Å². The van der Waals surface area contributed by atoms with E-state index in [1.165, 1.54) is 5.56 Å². The van der Waals surface area contributed by atoms with Gasteiger partial charge in [-0.1, -0.05) is 54.9 Å². The molecule has 0 bridgehead atoms. The monoisotopic (exact) mass is 298 g/mol. The normalized spacial score (nSPS) is 13.4. The van der Waals surface area contributed by atoms with Gasteiger partial charge in [0, 0.05) is 23.6 Å². The van der Waals surface area contributed by atoms with E-state index in [1.807, 2.05) is 6.07 Å². The molecule has 96 valence electrons. The first-order valence-electron chi connectivity index (χ1n) is 6.28. The summed E-state index contributed by atoms with van der Waals surface area (Å²) >= 11 is 3.62. The lowest BCUT2D eigenvalue weighted by Gasteiger charge is -2.32. The molecule has 1 unspecified atom stereocenters. The molecule has 0 amide bonds. The largest absolute Gasteiger partial charge is 0.329 e. The minimum Gasteiger partial charge on any atom is -0.329 e. The van der Waals surface area contributed by atoms with Gasteiger partial charge in [0.05, 0.1) is 0 Å². The Bertz CT molecular complexity index is 339. The van der Waals surface area contributed by atoms with Gasteiger partial charge in [-0.15, -0.1) is 0 Å². The van der Waals surface area contributed by atoms with E-state index >= 15 is 0 Å². The Morgan fingerprint density at radius 2 is 1.94 bits per heavy atom. The van der Waals surface area contributed by atoms with Gasteiger partial charge in [-0.05, 0) is 24.1 Å². The second-order valence-corrected chi connectivity index (χ2v) is 5.61. The van der Waals surface area contributed by atoms with Gasteiger partial charge in [-0.3, -0.25) is 4.90 Å². The topological polar surface area (TPSA) is 29.3 Å². The van der Waals surface area contributed by atoms with Gasteiger partial charge < -0.3 is 5.73 Å². The summed E-state index contributed by atoms with van der Waals surface area (Å²) in [6.07, 6.45) is 0. The molecule has 0 heterocycles. The van der Waals surface area contributed by atoms with Crippen LogP contribution >= 0.6 is 15.9 Å². The molecule has 1 aromatic rings. The first-order valence-corrected chi connectivity index (χ1v) is 7.08. The summed E-state index contributed by atoms with van der Waals surface area (Å²) in [6.45, 7) is 9.46. The van der Waals surface area contributed by atoms with Crippen LogP contribution in [0.4, 0.5) is 0 Å². The molecule has 17 heavy (non-hydrogen) atoms. The number of benzene rings is 1. The van der Waals surface area contributed by atoms with Crippen molar-refractivity contribution in [2.45, 2.75) is 26.8 Å². The SMILES string of the molecule is CCN(CC(C)C)C(CN)c1ccccc1Br. The number of rotatable bonds is 6. The molecule has 0 aliphatic heterocycles. The van der Waals surface area contributed by atoms with Crippen LogP contribution in [0.2, 0.25) is 0 Å². The number of nitrogens with zero attached hydrogens (tertiary/aromatic N) is 1. The average Bonchev–Trinajstić information content (AvgIpc) is 2.30. The maximum Gasteiger partial charge on any atom is 0.0481 e. The van der Waals surface area contributed by atoms with Crippen molar-refractivity contribution >= 4 is 15.9 Å². The Kier molecular flexibility index (Phi) is 6.17. The van der Waals surface area contributed by atoms with Crippen molar-refractivity contribution < 1.29 is 0 Å².